The maximum atomic E-state index is 12.4. The molecule has 4 rings (SSSR count). The lowest BCUT2D eigenvalue weighted by molar-refractivity contribution is 0.0950. The highest BCUT2D eigenvalue weighted by atomic mass is 16.5. The molecule has 4 aromatic rings. The van der Waals surface area contributed by atoms with Gasteiger partial charge in [0.2, 0.25) is 5.89 Å². The van der Waals surface area contributed by atoms with Crippen LogP contribution in [0.2, 0.25) is 0 Å². The Hall–Kier alpha value is -3.86. The summed E-state index contributed by atoms with van der Waals surface area (Å²) in [4.78, 5) is 16.7. The second-order valence-electron chi connectivity index (χ2n) is 6.47. The zero-order valence-corrected chi connectivity index (χ0v) is 15.7. The number of benzene rings is 3. The summed E-state index contributed by atoms with van der Waals surface area (Å²) in [7, 11) is 0. The standard InChI is InChI=1S/C24H20N2O3/c27-24(26-15-18-8-3-1-4-9-18)20-12-7-13-21(14-20)28-17-23-25-16-22(29-23)19-10-5-2-6-11-19/h1-14,16H,15,17H2,(H,26,27). The largest absolute Gasteiger partial charge is 0.484 e. The lowest BCUT2D eigenvalue weighted by Gasteiger charge is -2.08. The van der Waals surface area contributed by atoms with Crippen LogP contribution in [-0.2, 0) is 13.2 Å². The van der Waals surface area contributed by atoms with Crippen molar-refractivity contribution in [2.45, 2.75) is 13.2 Å². The van der Waals surface area contributed by atoms with Crippen molar-refractivity contribution in [1.29, 1.82) is 0 Å². The summed E-state index contributed by atoms with van der Waals surface area (Å²) in [5, 5.41) is 2.91. The Morgan fingerprint density at radius 1 is 0.931 bits per heavy atom. The number of amides is 1. The van der Waals surface area contributed by atoms with Gasteiger partial charge in [-0.2, -0.15) is 0 Å². The third-order valence-corrected chi connectivity index (χ3v) is 4.37. The van der Waals surface area contributed by atoms with Crippen LogP contribution >= 0.6 is 0 Å². The number of hydrogen-bond acceptors (Lipinski definition) is 4. The molecule has 1 amide bonds. The predicted molar refractivity (Wildman–Crippen MR) is 110 cm³/mol. The fourth-order valence-electron chi connectivity index (χ4n) is 2.87. The third-order valence-electron chi connectivity index (χ3n) is 4.37. The summed E-state index contributed by atoms with van der Waals surface area (Å²) >= 11 is 0. The molecule has 0 radical (unpaired) electrons. The van der Waals surface area contributed by atoms with Crippen LogP contribution in [0.3, 0.4) is 0 Å². The van der Waals surface area contributed by atoms with E-state index < -0.39 is 0 Å². The van der Waals surface area contributed by atoms with E-state index in [2.05, 4.69) is 10.3 Å². The monoisotopic (exact) mass is 384 g/mol. The number of hydrogen-bond donors (Lipinski definition) is 1. The SMILES string of the molecule is O=C(NCc1ccccc1)c1cccc(OCc2ncc(-c3ccccc3)o2)c1. The molecule has 1 aromatic heterocycles. The topological polar surface area (TPSA) is 64.4 Å². The average Bonchev–Trinajstić information content (AvgIpc) is 3.27. The van der Waals surface area contributed by atoms with Crippen LogP contribution in [0.1, 0.15) is 21.8 Å². The van der Waals surface area contributed by atoms with Crippen molar-refractivity contribution in [2.75, 3.05) is 0 Å². The summed E-state index contributed by atoms with van der Waals surface area (Å²) in [6, 6.07) is 26.6. The fraction of sp³-hybridized carbons (Fsp3) is 0.0833. The molecule has 5 heteroatoms. The summed E-state index contributed by atoms with van der Waals surface area (Å²) in [6.07, 6.45) is 1.68. The number of nitrogens with one attached hydrogen (secondary N) is 1. The lowest BCUT2D eigenvalue weighted by atomic mass is 10.2. The molecule has 0 bridgehead atoms. The number of rotatable bonds is 7. The Morgan fingerprint density at radius 2 is 1.69 bits per heavy atom. The molecule has 1 N–H and O–H groups in total. The van der Waals surface area contributed by atoms with E-state index >= 15 is 0 Å². The average molecular weight is 384 g/mol. The number of aromatic nitrogens is 1. The zero-order valence-electron chi connectivity index (χ0n) is 15.7. The van der Waals surface area contributed by atoms with Crippen LogP contribution in [0, 0.1) is 0 Å². The van der Waals surface area contributed by atoms with Crippen molar-refractivity contribution >= 4 is 5.91 Å². The Morgan fingerprint density at radius 3 is 2.48 bits per heavy atom. The van der Waals surface area contributed by atoms with E-state index in [0.717, 1.165) is 11.1 Å². The van der Waals surface area contributed by atoms with Crippen molar-refractivity contribution < 1.29 is 13.9 Å². The molecular weight excluding hydrogens is 364 g/mol. The minimum Gasteiger partial charge on any atom is -0.484 e. The highest BCUT2D eigenvalue weighted by Gasteiger charge is 2.09. The van der Waals surface area contributed by atoms with Crippen LogP contribution in [0.25, 0.3) is 11.3 Å². The molecule has 144 valence electrons. The van der Waals surface area contributed by atoms with Crippen LogP contribution < -0.4 is 10.1 Å². The Labute approximate surface area is 169 Å². The molecule has 0 aliphatic rings. The summed E-state index contributed by atoms with van der Waals surface area (Å²) in [5.74, 6) is 1.60. The molecule has 0 saturated carbocycles. The van der Waals surface area contributed by atoms with Gasteiger partial charge in [0.1, 0.15) is 5.75 Å². The van der Waals surface area contributed by atoms with Crippen molar-refractivity contribution in [3.05, 3.63) is 108 Å². The highest BCUT2D eigenvalue weighted by molar-refractivity contribution is 5.94. The number of oxazole rings is 1. The molecular formula is C24H20N2O3. The van der Waals surface area contributed by atoms with E-state index in [0.29, 0.717) is 29.5 Å². The van der Waals surface area contributed by atoms with Gasteiger partial charge < -0.3 is 14.5 Å². The quantitative estimate of drug-likeness (QED) is 0.495. The summed E-state index contributed by atoms with van der Waals surface area (Å²) in [6.45, 7) is 0.658. The van der Waals surface area contributed by atoms with E-state index in [1.807, 2.05) is 60.7 Å². The molecule has 0 aliphatic heterocycles. The third kappa shape index (κ3) is 4.90. The first-order valence-corrected chi connectivity index (χ1v) is 9.33. The molecule has 0 unspecified atom stereocenters. The van der Waals surface area contributed by atoms with Gasteiger partial charge in [-0.1, -0.05) is 66.7 Å². The second kappa shape index (κ2) is 8.89. The van der Waals surface area contributed by atoms with Crippen molar-refractivity contribution in [1.82, 2.24) is 10.3 Å². The minimum atomic E-state index is -0.151. The lowest BCUT2D eigenvalue weighted by Crippen LogP contribution is -2.22. The molecule has 0 spiro atoms. The molecule has 0 saturated heterocycles. The van der Waals surface area contributed by atoms with E-state index in [1.54, 1.807) is 30.5 Å². The van der Waals surface area contributed by atoms with E-state index in [4.69, 9.17) is 9.15 Å². The first-order chi connectivity index (χ1) is 14.3. The van der Waals surface area contributed by atoms with Gasteiger partial charge in [-0.3, -0.25) is 4.79 Å². The normalized spacial score (nSPS) is 10.5. The maximum absolute atomic E-state index is 12.4. The van der Waals surface area contributed by atoms with Gasteiger partial charge in [-0.05, 0) is 23.8 Å². The van der Waals surface area contributed by atoms with Gasteiger partial charge in [0.05, 0.1) is 6.20 Å². The summed E-state index contributed by atoms with van der Waals surface area (Å²) in [5.41, 5.74) is 2.55. The van der Waals surface area contributed by atoms with Crippen molar-refractivity contribution in [2.24, 2.45) is 0 Å². The van der Waals surface area contributed by atoms with Gasteiger partial charge in [0, 0.05) is 17.7 Å². The molecule has 0 atom stereocenters. The highest BCUT2D eigenvalue weighted by Crippen LogP contribution is 2.21. The minimum absolute atomic E-state index is 0.151. The van der Waals surface area contributed by atoms with Gasteiger partial charge in [0.15, 0.2) is 12.4 Å². The Balaban J connectivity index is 1.35. The zero-order chi connectivity index (χ0) is 19.9. The molecule has 5 nitrogen and oxygen atoms in total. The molecule has 3 aromatic carbocycles. The van der Waals surface area contributed by atoms with Crippen LogP contribution in [0.5, 0.6) is 5.75 Å². The Bertz CT molecular complexity index is 1080. The van der Waals surface area contributed by atoms with Gasteiger partial charge >= 0.3 is 0 Å². The van der Waals surface area contributed by atoms with E-state index in [1.165, 1.54) is 0 Å². The predicted octanol–water partition coefficient (Wildman–Crippen LogP) is 4.85. The number of nitrogens with zero attached hydrogens (tertiary/aromatic N) is 1. The van der Waals surface area contributed by atoms with E-state index in [9.17, 15) is 4.79 Å². The number of carbonyl (C=O) groups excluding carboxylic acids is 1. The Kier molecular flexibility index (Phi) is 5.67. The number of carbonyl (C=O) groups is 1. The molecule has 29 heavy (non-hydrogen) atoms. The first kappa shape index (κ1) is 18.5. The van der Waals surface area contributed by atoms with E-state index in [-0.39, 0.29) is 12.5 Å². The van der Waals surface area contributed by atoms with Crippen LogP contribution in [-0.4, -0.2) is 10.9 Å². The first-order valence-electron chi connectivity index (χ1n) is 9.33. The summed E-state index contributed by atoms with van der Waals surface area (Å²) < 4.78 is 11.5. The van der Waals surface area contributed by atoms with Crippen molar-refractivity contribution in [3.8, 4) is 17.1 Å². The van der Waals surface area contributed by atoms with Gasteiger partial charge in [0.25, 0.3) is 5.91 Å². The van der Waals surface area contributed by atoms with Gasteiger partial charge in [-0.25, -0.2) is 4.98 Å². The molecule has 1 heterocycles. The van der Waals surface area contributed by atoms with Crippen molar-refractivity contribution in [3.63, 3.8) is 0 Å². The number of ether oxygens (including phenoxy) is 1. The van der Waals surface area contributed by atoms with Gasteiger partial charge in [-0.15, -0.1) is 0 Å². The second-order valence-corrected chi connectivity index (χ2v) is 6.47. The van der Waals surface area contributed by atoms with Crippen LogP contribution in [0.15, 0.2) is 95.5 Å². The maximum Gasteiger partial charge on any atom is 0.251 e. The fourth-order valence-corrected chi connectivity index (χ4v) is 2.87. The van der Waals surface area contributed by atoms with Crippen LogP contribution in [0.4, 0.5) is 0 Å². The smallest absolute Gasteiger partial charge is 0.251 e. The molecule has 0 aliphatic carbocycles. The molecule has 0 fully saturated rings.